The van der Waals surface area contributed by atoms with Crippen molar-refractivity contribution in [2.75, 3.05) is 32.2 Å². The monoisotopic (exact) mass is 237 g/mol. The van der Waals surface area contributed by atoms with Gasteiger partial charge in [-0.1, -0.05) is 18.2 Å². The average Bonchev–Trinajstić information content (AvgIpc) is 2.40. The number of benzene rings is 1. The fourth-order valence-corrected chi connectivity index (χ4v) is 2.33. The van der Waals surface area contributed by atoms with Crippen molar-refractivity contribution in [2.45, 2.75) is 18.3 Å². The van der Waals surface area contributed by atoms with Crippen LogP contribution in [0.25, 0.3) is 0 Å². The SMILES string of the molecule is COC1(OC)CCN(c2ccccc2)CC1O. The maximum absolute atomic E-state index is 10.2. The van der Waals surface area contributed by atoms with E-state index in [-0.39, 0.29) is 0 Å². The van der Waals surface area contributed by atoms with Gasteiger partial charge in [0, 0.05) is 39.4 Å². The third kappa shape index (κ3) is 2.29. The first-order valence-corrected chi connectivity index (χ1v) is 5.80. The van der Waals surface area contributed by atoms with Crippen molar-refractivity contribution < 1.29 is 14.6 Å². The minimum Gasteiger partial charge on any atom is -0.386 e. The van der Waals surface area contributed by atoms with Gasteiger partial charge in [-0.05, 0) is 12.1 Å². The second-order valence-corrected chi connectivity index (χ2v) is 4.27. The number of β-amino-alcohol motifs (C(OH)–C–C–N with tert-alkyl or cyclic N) is 1. The molecular weight excluding hydrogens is 218 g/mol. The van der Waals surface area contributed by atoms with Gasteiger partial charge >= 0.3 is 0 Å². The molecule has 1 atom stereocenters. The van der Waals surface area contributed by atoms with Crippen LogP contribution in [0.2, 0.25) is 0 Å². The number of methoxy groups -OCH3 is 2. The van der Waals surface area contributed by atoms with Gasteiger partial charge in [0.25, 0.3) is 0 Å². The highest BCUT2D eigenvalue weighted by Gasteiger charge is 2.43. The summed E-state index contributed by atoms with van der Waals surface area (Å²) >= 11 is 0. The molecule has 1 aromatic carbocycles. The molecule has 0 radical (unpaired) electrons. The normalized spacial score (nSPS) is 23.7. The summed E-state index contributed by atoms with van der Waals surface area (Å²) in [5, 5.41) is 10.2. The predicted octanol–water partition coefficient (Wildman–Crippen LogP) is 1.25. The van der Waals surface area contributed by atoms with Crippen LogP contribution in [-0.4, -0.2) is 44.3 Å². The molecular formula is C13H19NO3. The Bertz CT molecular complexity index is 351. The van der Waals surface area contributed by atoms with E-state index in [4.69, 9.17) is 9.47 Å². The number of para-hydroxylation sites is 1. The number of ether oxygens (including phenoxy) is 2. The summed E-state index contributed by atoms with van der Waals surface area (Å²) in [6.45, 7) is 1.33. The fraction of sp³-hybridized carbons (Fsp3) is 0.538. The van der Waals surface area contributed by atoms with Gasteiger partial charge in [0.2, 0.25) is 0 Å². The Morgan fingerprint density at radius 3 is 2.41 bits per heavy atom. The molecule has 1 heterocycles. The highest BCUT2D eigenvalue weighted by molar-refractivity contribution is 5.46. The number of aliphatic hydroxyl groups excluding tert-OH is 1. The third-order valence-corrected chi connectivity index (χ3v) is 3.44. The van der Waals surface area contributed by atoms with E-state index >= 15 is 0 Å². The molecule has 1 unspecified atom stereocenters. The molecule has 2 rings (SSSR count). The van der Waals surface area contributed by atoms with Crippen LogP contribution >= 0.6 is 0 Å². The van der Waals surface area contributed by atoms with Crippen LogP contribution in [0.5, 0.6) is 0 Å². The van der Waals surface area contributed by atoms with Crippen LogP contribution in [0.15, 0.2) is 30.3 Å². The molecule has 0 saturated carbocycles. The number of rotatable bonds is 3. The van der Waals surface area contributed by atoms with Crippen molar-refractivity contribution in [3.8, 4) is 0 Å². The van der Waals surface area contributed by atoms with Crippen molar-refractivity contribution in [1.29, 1.82) is 0 Å². The topological polar surface area (TPSA) is 41.9 Å². The third-order valence-electron chi connectivity index (χ3n) is 3.44. The van der Waals surface area contributed by atoms with Gasteiger partial charge in [0.05, 0.1) is 0 Å². The van der Waals surface area contributed by atoms with Gasteiger partial charge in [0.1, 0.15) is 6.10 Å². The smallest absolute Gasteiger partial charge is 0.197 e. The molecule has 0 amide bonds. The first-order valence-electron chi connectivity index (χ1n) is 5.80. The van der Waals surface area contributed by atoms with Gasteiger partial charge < -0.3 is 19.5 Å². The quantitative estimate of drug-likeness (QED) is 0.803. The number of hydrogen-bond donors (Lipinski definition) is 1. The number of nitrogens with zero attached hydrogens (tertiary/aromatic N) is 1. The Kier molecular flexibility index (Phi) is 3.66. The maximum atomic E-state index is 10.2. The molecule has 1 aliphatic heterocycles. The number of anilines is 1. The van der Waals surface area contributed by atoms with E-state index in [1.54, 1.807) is 14.2 Å². The summed E-state index contributed by atoms with van der Waals surface area (Å²) in [6, 6.07) is 10.1. The van der Waals surface area contributed by atoms with E-state index in [0.717, 1.165) is 12.2 Å². The van der Waals surface area contributed by atoms with Crippen LogP contribution in [-0.2, 0) is 9.47 Å². The van der Waals surface area contributed by atoms with Gasteiger partial charge in [-0.3, -0.25) is 0 Å². The van der Waals surface area contributed by atoms with E-state index in [1.807, 2.05) is 30.3 Å². The van der Waals surface area contributed by atoms with Gasteiger partial charge in [-0.15, -0.1) is 0 Å². The molecule has 1 N–H and O–H groups in total. The van der Waals surface area contributed by atoms with Crippen molar-refractivity contribution in [1.82, 2.24) is 0 Å². The van der Waals surface area contributed by atoms with Crippen molar-refractivity contribution >= 4 is 5.69 Å². The zero-order chi connectivity index (χ0) is 12.3. The van der Waals surface area contributed by atoms with E-state index in [2.05, 4.69) is 4.90 Å². The zero-order valence-electron chi connectivity index (χ0n) is 10.3. The molecule has 0 aromatic heterocycles. The van der Waals surface area contributed by atoms with Crippen LogP contribution < -0.4 is 4.90 Å². The van der Waals surface area contributed by atoms with Crippen molar-refractivity contribution in [3.05, 3.63) is 30.3 Å². The molecule has 1 aromatic rings. The summed E-state index contributed by atoms with van der Waals surface area (Å²) < 4.78 is 10.7. The van der Waals surface area contributed by atoms with Gasteiger partial charge in [-0.25, -0.2) is 0 Å². The molecule has 0 bridgehead atoms. The predicted molar refractivity (Wildman–Crippen MR) is 66.0 cm³/mol. The lowest BCUT2D eigenvalue weighted by Crippen LogP contribution is -2.57. The highest BCUT2D eigenvalue weighted by atomic mass is 16.7. The summed E-state index contributed by atoms with van der Waals surface area (Å²) in [4.78, 5) is 2.14. The molecule has 1 aliphatic rings. The van der Waals surface area contributed by atoms with Crippen LogP contribution in [0.4, 0.5) is 5.69 Å². The summed E-state index contributed by atoms with van der Waals surface area (Å²) in [5.41, 5.74) is 1.12. The largest absolute Gasteiger partial charge is 0.386 e. The van der Waals surface area contributed by atoms with Crippen LogP contribution in [0.3, 0.4) is 0 Å². The molecule has 1 saturated heterocycles. The molecule has 1 fully saturated rings. The lowest BCUT2D eigenvalue weighted by Gasteiger charge is -2.44. The fourth-order valence-electron chi connectivity index (χ4n) is 2.33. The Balaban J connectivity index is 2.10. The lowest BCUT2D eigenvalue weighted by atomic mass is 9.99. The van der Waals surface area contributed by atoms with Crippen molar-refractivity contribution in [2.24, 2.45) is 0 Å². The summed E-state index contributed by atoms with van der Waals surface area (Å²) in [5.74, 6) is -0.856. The van der Waals surface area contributed by atoms with Gasteiger partial charge in [-0.2, -0.15) is 0 Å². The highest BCUT2D eigenvalue weighted by Crippen LogP contribution is 2.29. The van der Waals surface area contributed by atoms with E-state index in [9.17, 15) is 5.11 Å². The summed E-state index contributed by atoms with van der Waals surface area (Å²) in [6.07, 6.45) is 0.00207. The average molecular weight is 237 g/mol. The molecule has 4 nitrogen and oxygen atoms in total. The summed E-state index contributed by atoms with van der Waals surface area (Å²) in [7, 11) is 3.15. The second-order valence-electron chi connectivity index (χ2n) is 4.27. The minimum atomic E-state index is -0.856. The van der Waals surface area contributed by atoms with Gasteiger partial charge in [0.15, 0.2) is 5.79 Å². The molecule has 17 heavy (non-hydrogen) atoms. The minimum absolute atomic E-state index is 0.520. The van der Waals surface area contributed by atoms with Crippen LogP contribution in [0.1, 0.15) is 6.42 Å². The Morgan fingerprint density at radius 2 is 1.88 bits per heavy atom. The molecule has 0 aliphatic carbocycles. The number of piperidine rings is 1. The van der Waals surface area contributed by atoms with E-state index in [1.165, 1.54) is 0 Å². The van der Waals surface area contributed by atoms with Crippen LogP contribution in [0, 0.1) is 0 Å². The van der Waals surface area contributed by atoms with E-state index < -0.39 is 11.9 Å². The zero-order valence-corrected chi connectivity index (χ0v) is 10.3. The second kappa shape index (κ2) is 5.04. The first kappa shape index (κ1) is 12.4. The Labute approximate surface area is 102 Å². The lowest BCUT2D eigenvalue weighted by molar-refractivity contribution is -0.264. The molecule has 0 spiro atoms. The van der Waals surface area contributed by atoms with E-state index in [0.29, 0.717) is 13.0 Å². The Morgan fingerprint density at radius 1 is 1.24 bits per heavy atom. The van der Waals surface area contributed by atoms with Crippen molar-refractivity contribution in [3.63, 3.8) is 0 Å². The molecule has 4 heteroatoms. The number of aliphatic hydroxyl groups is 1. The standard InChI is InChI=1S/C13H19NO3/c1-16-13(17-2)8-9-14(10-12(13)15)11-6-4-3-5-7-11/h3-7,12,15H,8-10H2,1-2H3. The first-order chi connectivity index (χ1) is 8.22. The maximum Gasteiger partial charge on any atom is 0.197 e. The molecule has 94 valence electrons. The number of hydrogen-bond acceptors (Lipinski definition) is 4. The Hall–Kier alpha value is -1.10.